The van der Waals surface area contributed by atoms with E-state index in [1.165, 1.54) is 34.5 Å². The average molecular weight is 447 g/mol. The fourth-order valence-corrected chi connectivity index (χ4v) is 3.40. The van der Waals surface area contributed by atoms with Gasteiger partial charge in [-0.1, -0.05) is 18.2 Å². The van der Waals surface area contributed by atoms with E-state index < -0.39 is 18.2 Å². The summed E-state index contributed by atoms with van der Waals surface area (Å²) in [5.74, 6) is -0.413. The van der Waals surface area contributed by atoms with E-state index in [1.807, 2.05) is 0 Å². The molecule has 12 heteroatoms. The van der Waals surface area contributed by atoms with E-state index in [0.29, 0.717) is 31.2 Å². The summed E-state index contributed by atoms with van der Waals surface area (Å²) in [4.78, 5) is 54.1. The van der Waals surface area contributed by atoms with Gasteiger partial charge in [-0.2, -0.15) is 0 Å². The molecule has 2 N–H and O–H groups in total. The molecular weight excluding hydrogens is 428 g/mol. The number of carbonyl (C=O) groups is 3. The van der Waals surface area contributed by atoms with Crippen molar-refractivity contribution in [3.63, 3.8) is 0 Å². The number of fused-ring (bicyclic) bond motifs is 1. The number of aromatic nitrogens is 3. The standard InChI is InChI=1S/C19H17ClN6O4.H2O/c1-2-14(27)24-7-9-25(10-8-24)19(29)30-18-16-15(21-5-6-22-16)17(28)26(18)13-4-3-12(20)11-23-13;/h2-6,11,18H,1,7-10H2;1H2. The summed E-state index contributed by atoms with van der Waals surface area (Å²) in [6.07, 6.45) is 3.70. The number of carbonyl (C=O) groups excluding carboxylic acids is 3. The van der Waals surface area contributed by atoms with Gasteiger partial charge in [-0.25, -0.2) is 19.7 Å². The molecule has 2 aliphatic heterocycles. The fourth-order valence-electron chi connectivity index (χ4n) is 3.29. The third-order valence-corrected chi connectivity index (χ3v) is 5.04. The van der Waals surface area contributed by atoms with Gasteiger partial charge in [0.1, 0.15) is 11.5 Å². The van der Waals surface area contributed by atoms with Crippen LogP contribution in [-0.2, 0) is 9.53 Å². The molecule has 0 saturated carbocycles. The number of rotatable bonds is 3. The number of pyridine rings is 1. The van der Waals surface area contributed by atoms with Crippen molar-refractivity contribution >= 4 is 35.3 Å². The molecule has 162 valence electrons. The molecule has 2 aromatic heterocycles. The molecule has 11 nitrogen and oxygen atoms in total. The minimum absolute atomic E-state index is 0. The molecule has 0 aliphatic carbocycles. The first-order valence-corrected chi connectivity index (χ1v) is 9.50. The molecule has 0 bridgehead atoms. The van der Waals surface area contributed by atoms with Crippen LogP contribution in [0.25, 0.3) is 0 Å². The van der Waals surface area contributed by atoms with Crippen molar-refractivity contribution in [1.82, 2.24) is 24.8 Å². The van der Waals surface area contributed by atoms with Gasteiger partial charge in [-0.05, 0) is 18.2 Å². The van der Waals surface area contributed by atoms with Crippen LogP contribution in [0.3, 0.4) is 0 Å². The van der Waals surface area contributed by atoms with Crippen molar-refractivity contribution in [3.05, 3.63) is 59.8 Å². The second-order valence-electron chi connectivity index (χ2n) is 6.55. The zero-order valence-corrected chi connectivity index (χ0v) is 17.0. The highest BCUT2D eigenvalue weighted by Crippen LogP contribution is 2.35. The first-order valence-electron chi connectivity index (χ1n) is 9.12. The fraction of sp³-hybridized carbons (Fsp3) is 0.263. The van der Waals surface area contributed by atoms with Gasteiger partial charge in [0.05, 0.1) is 5.02 Å². The van der Waals surface area contributed by atoms with E-state index >= 15 is 0 Å². The van der Waals surface area contributed by atoms with Gasteiger partial charge in [-0.15, -0.1) is 0 Å². The van der Waals surface area contributed by atoms with E-state index in [9.17, 15) is 14.4 Å². The van der Waals surface area contributed by atoms with Crippen LogP contribution in [0.15, 0.2) is 43.4 Å². The average Bonchev–Trinajstić information content (AvgIpc) is 3.05. The van der Waals surface area contributed by atoms with Gasteiger partial charge in [0.25, 0.3) is 5.91 Å². The maximum atomic E-state index is 12.9. The molecule has 1 saturated heterocycles. The summed E-state index contributed by atoms with van der Waals surface area (Å²) in [6, 6.07) is 3.13. The van der Waals surface area contributed by atoms with E-state index in [0.717, 1.165) is 0 Å². The van der Waals surface area contributed by atoms with Crippen molar-refractivity contribution in [2.45, 2.75) is 6.23 Å². The maximum absolute atomic E-state index is 12.9. The van der Waals surface area contributed by atoms with Crippen LogP contribution >= 0.6 is 11.6 Å². The quantitative estimate of drug-likeness (QED) is 0.635. The molecule has 31 heavy (non-hydrogen) atoms. The van der Waals surface area contributed by atoms with Crippen LogP contribution < -0.4 is 4.90 Å². The minimum atomic E-state index is -1.12. The largest absolute Gasteiger partial charge is 0.419 e. The Bertz CT molecular complexity index is 1010. The Morgan fingerprint density at radius 3 is 2.42 bits per heavy atom. The summed E-state index contributed by atoms with van der Waals surface area (Å²) >= 11 is 5.89. The lowest BCUT2D eigenvalue weighted by atomic mass is 10.3. The lowest BCUT2D eigenvalue weighted by molar-refractivity contribution is -0.127. The zero-order chi connectivity index (χ0) is 21.3. The second-order valence-corrected chi connectivity index (χ2v) is 6.99. The Morgan fingerprint density at radius 1 is 1.10 bits per heavy atom. The number of amides is 3. The van der Waals surface area contributed by atoms with Crippen molar-refractivity contribution in [2.24, 2.45) is 0 Å². The van der Waals surface area contributed by atoms with Gasteiger partial charge in [0.15, 0.2) is 5.69 Å². The molecule has 1 unspecified atom stereocenters. The summed E-state index contributed by atoms with van der Waals surface area (Å²) in [5, 5.41) is 0.402. The first kappa shape index (κ1) is 22.1. The predicted molar refractivity (Wildman–Crippen MR) is 109 cm³/mol. The van der Waals surface area contributed by atoms with Crippen molar-refractivity contribution < 1.29 is 24.6 Å². The number of piperazine rings is 1. The molecule has 0 radical (unpaired) electrons. The SMILES string of the molecule is C=CC(=O)N1CCN(C(=O)OC2c3nccnc3C(=O)N2c2ccc(Cl)cn2)CC1.O. The van der Waals surface area contributed by atoms with Crippen LogP contribution in [0.2, 0.25) is 5.02 Å². The van der Waals surface area contributed by atoms with Crippen LogP contribution in [0, 0.1) is 0 Å². The Hall–Kier alpha value is -3.57. The van der Waals surface area contributed by atoms with Crippen LogP contribution in [-0.4, -0.2) is 74.3 Å². The molecular formula is C19H19ClN6O5. The van der Waals surface area contributed by atoms with E-state index in [4.69, 9.17) is 16.3 Å². The van der Waals surface area contributed by atoms with E-state index in [1.54, 1.807) is 17.0 Å². The number of nitrogens with zero attached hydrogens (tertiary/aromatic N) is 6. The Morgan fingerprint density at radius 2 is 1.77 bits per heavy atom. The van der Waals surface area contributed by atoms with Gasteiger partial charge >= 0.3 is 6.09 Å². The minimum Gasteiger partial charge on any atom is -0.419 e. The van der Waals surface area contributed by atoms with Gasteiger partial charge in [-0.3, -0.25) is 14.6 Å². The molecule has 1 atom stereocenters. The lowest BCUT2D eigenvalue weighted by Crippen LogP contribution is -2.51. The Balaban J connectivity index is 0.00000272. The zero-order valence-electron chi connectivity index (χ0n) is 16.3. The van der Waals surface area contributed by atoms with Crippen LogP contribution in [0.1, 0.15) is 22.4 Å². The van der Waals surface area contributed by atoms with Crippen molar-refractivity contribution in [1.29, 1.82) is 0 Å². The lowest BCUT2D eigenvalue weighted by Gasteiger charge is -2.34. The van der Waals surface area contributed by atoms with Crippen LogP contribution in [0.5, 0.6) is 0 Å². The summed E-state index contributed by atoms with van der Waals surface area (Å²) in [6.45, 7) is 4.79. The third kappa shape index (κ3) is 4.18. The topological polar surface area (TPSA) is 140 Å². The summed E-state index contributed by atoms with van der Waals surface area (Å²) in [5.41, 5.74) is 0.321. The Kier molecular flexibility index (Phi) is 6.47. The first-order chi connectivity index (χ1) is 14.5. The highest BCUT2D eigenvalue weighted by molar-refractivity contribution is 6.30. The summed E-state index contributed by atoms with van der Waals surface area (Å²) in [7, 11) is 0. The van der Waals surface area contributed by atoms with Gasteiger partial charge in [0.2, 0.25) is 12.1 Å². The number of halogens is 1. The molecule has 0 aromatic carbocycles. The van der Waals surface area contributed by atoms with Crippen molar-refractivity contribution in [2.75, 3.05) is 31.1 Å². The van der Waals surface area contributed by atoms with E-state index in [-0.39, 0.29) is 28.6 Å². The number of hydrogen-bond donors (Lipinski definition) is 0. The molecule has 2 aromatic rings. The molecule has 3 amide bonds. The van der Waals surface area contributed by atoms with Gasteiger partial charge < -0.3 is 20.0 Å². The predicted octanol–water partition coefficient (Wildman–Crippen LogP) is 0.826. The molecule has 1 fully saturated rings. The van der Waals surface area contributed by atoms with Crippen LogP contribution in [0.4, 0.5) is 10.6 Å². The highest BCUT2D eigenvalue weighted by Gasteiger charge is 2.44. The normalized spacial score (nSPS) is 17.6. The number of anilines is 1. The van der Waals surface area contributed by atoms with Crippen molar-refractivity contribution in [3.8, 4) is 0 Å². The molecule has 2 aliphatic rings. The summed E-state index contributed by atoms with van der Waals surface area (Å²) < 4.78 is 5.66. The van der Waals surface area contributed by atoms with Gasteiger partial charge in [0, 0.05) is 44.8 Å². The highest BCUT2D eigenvalue weighted by atomic mass is 35.5. The molecule has 4 rings (SSSR count). The maximum Gasteiger partial charge on any atom is 0.412 e. The number of ether oxygens (including phenoxy) is 1. The Labute approximate surface area is 182 Å². The smallest absolute Gasteiger partial charge is 0.412 e. The third-order valence-electron chi connectivity index (χ3n) is 4.81. The number of hydrogen-bond acceptors (Lipinski definition) is 7. The van der Waals surface area contributed by atoms with E-state index in [2.05, 4.69) is 21.5 Å². The second kappa shape index (κ2) is 9.06. The molecule has 0 spiro atoms. The monoisotopic (exact) mass is 446 g/mol. The molecule has 4 heterocycles.